The van der Waals surface area contributed by atoms with Crippen molar-refractivity contribution in [1.29, 1.82) is 0 Å². The van der Waals surface area contributed by atoms with Gasteiger partial charge in [-0.1, -0.05) is 47.5 Å². The number of sulfone groups is 2. The first kappa shape index (κ1) is 19.4. The van der Waals surface area contributed by atoms with Crippen LogP contribution in [0.2, 0.25) is 5.02 Å². The van der Waals surface area contributed by atoms with Gasteiger partial charge in [-0.05, 0) is 30.7 Å². The first-order valence-electron chi connectivity index (χ1n) is 8.17. The van der Waals surface area contributed by atoms with Crippen molar-refractivity contribution in [3.8, 4) is 0 Å². The lowest BCUT2D eigenvalue weighted by Crippen LogP contribution is -2.43. The molecule has 0 aliphatic carbocycles. The van der Waals surface area contributed by atoms with Crippen LogP contribution in [0.25, 0.3) is 0 Å². The van der Waals surface area contributed by atoms with Crippen LogP contribution in [0.15, 0.2) is 53.4 Å². The molecule has 1 heterocycles. The van der Waals surface area contributed by atoms with E-state index in [1.165, 1.54) is 12.1 Å². The molecule has 5 nitrogen and oxygen atoms in total. The summed E-state index contributed by atoms with van der Waals surface area (Å²) in [6.07, 6.45) is 0. The minimum absolute atomic E-state index is 0.148. The summed E-state index contributed by atoms with van der Waals surface area (Å²) in [5.74, 6) is -0.573. The van der Waals surface area contributed by atoms with E-state index >= 15 is 0 Å². The van der Waals surface area contributed by atoms with E-state index in [1.807, 2.05) is 19.1 Å². The van der Waals surface area contributed by atoms with E-state index in [0.717, 1.165) is 11.1 Å². The number of nitrogens with one attached hydrogen (secondary N) is 1. The average molecular weight is 414 g/mol. The molecule has 2 aromatic rings. The van der Waals surface area contributed by atoms with Gasteiger partial charge in [-0.25, -0.2) is 16.8 Å². The van der Waals surface area contributed by atoms with E-state index in [1.54, 1.807) is 24.3 Å². The van der Waals surface area contributed by atoms with Gasteiger partial charge < -0.3 is 5.32 Å². The lowest BCUT2D eigenvalue weighted by atomic mass is 10.2. The maximum absolute atomic E-state index is 13.0. The largest absolute Gasteiger partial charge is 0.308 e. The third-order valence-corrected chi connectivity index (χ3v) is 9.10. The maximum atomic E-state index is 13.0. The molecule has 0 unspecified atom stereocenters. The van der Waals surface area contributed by atoms with Gasteiger partial charge >= 0.3 is 0 Å². The Bertz CT molecular complexity index is 1000. The quantitative estimate of drug-likeness (QED) is 0.813. The van der Waals surface area contributed by atoms with Crippen molar-refractivity contribution >= 4 is 31.3 Å². The first-order valence-corrected chi connectivity index (χ1v) is 11.9. The fraction of sp³-hybridized carbons (Fsp3) is 0.333. The molecule has 0 bridgehead atoms. The minimum atomic E-state index is -3.76. The van der Waals surface area contributed by atoms with Crippen molar-refractivity contribution in [2.75, 3.05) is 11.5 Å². The second kappa shape index (κ2) is 7.31. The number of rotatable bonds is 5. The minimum Gasteiger partial charge on any atom is -0.308 e. The summed E-state index contributed by atoms with van der Waals surface area (Å²) >= 11 is 6.13. The van der Waals surface area contributed by atoms with Gasteiger partial charge in [-0.3, -0.25) is 0 Å². The number of benzene rings is 2. The van der Waals surface area contributed by atoms with Crippen molar-refractivity contribution in [2.24, 2.45) is 0 Å². The van der Waals surface area contributed by atoms with E-state index in [4.69, 9.17) is 11.6 Å². The molecule has 1 fully saturated rings. The Labute approximate surface area is 159 Å². The lowest BCUT2D eigenvalue weighted by Gasteiger charge is -2.20. The predicted molar refractivity (Wildman–Crippen MR) is 103 cm³/mol. The molecule has 0 aromatic heterocycles. The van der Waals surface area contributed by atoms with Crippen LogP contribution in [-0.2, 0) is 26.2 Å². The summed E-state index contributed by atoms with van der Waals surface area (Å²) in [4.78, 5) is 0.148. The second-order valence-electron chi connectivity index (χ2n) is 6.55. The highest BCUT2D eigenvalue weighted by Crippen LogP contribution is 2.27. The molecule has 0 amide bonds. The van der Waals surface area contributed by atoms with Crippen molar-refractivity contribution < 1.29 is 16.8 Å². The predicted octanol–water partition coefficient (Wildman–Crippen LogP) is 2.38. The van der Waals surface area contributed by atoms with Crippen LogP contribution in [0.3, 0.4) is 0 Å². The van der Waals surface area contributed by atoms with Gasteiger partial charge in [0.05, 0.1) is 21.7 Å². The van der Waals surface area contributed by atoms with Crippen LogP contribution < -0.4 is 5.32 Å². The van der Waals surface area contributed by atoms with Crippen LogP contribution in [0.5, 0.6) is 0 Å². The van der Waals surface area contributed by atoms with E-state index in [2.05, 4.69) is 5.32 Å². The standard InChI is InChI=1S/C18H20ClNO4S2/c1-13-6-8-15(9-7-13)26(23,24)18-12-25(21,22)11-17(18)20-10-14-4-2-3-5-16(14)19/h2-9,17-18,20H,10-12H2,1H3/t17-,18-/m0/s1. The molecule has 1 N–H and O–H groups in total. The van der Waals surface area contributed by atoms with Crippen LogP contribution >= 0.6 is 11.6 Å². The Morgan fingerprint density at radius 3 is 2.38 bits per heavy atom. The Hall–Kier alpha value is -1.41. The normalized spacial score (nSPS) is 22.4. The maximum Gasteiger partial charge on any atom is 0.183 e. The van der Waals surface area contributed by atoms with E-state index in [9.17, 15) is 16.8 Å². The van der Waals surface area contributed by atoms with Gasteiger partial charge in [0.1, 0.15) is 0 Å². The number of aryl methyl sites for hydroxylation is 1. The van der Waals surface area contributed by atoms with Crippen molar-refractivity contribution in [3.05, 3.63) is 64.7 Å². The van der Waals surface area contributed by atoms with E-state index < -0.39 is 31.0 Å². The highest BCUT2D eigenvalue weighted by molar-refractivity contribution is 7.96. The van der Waals surface area contributed by atoms with Crippen molar-refractivity contribution in [1.82, 2.24) is 5.32 Å². The molecule has 0 radical (unpaired) electrons. The van der Waals surface area contributed by atoms with Crippen molar-refractivity contribution in [3.63, 3.8) is 0 Å². The Kier molecular flexibility index (Phi) is 5.44. The fourth-order valence-corrected chi connectivity index (χ4v) is 8.02. The molecule has 8 heteroatoms. The van der Waals surface area contributed by atoms with Gasteiger partial charge in [0, 0.05) is 17.6 Å². The smallest absolute Gasteiger partial charge is 0.183 e. The Morgan fingerprint density at radius 1 is 1.08 bits per heavy atom. The third-order valence-electron chi connectivity index (χ3n) is 4.56. The highest BCUT2D eigenvalue weighted by Gasteiger charge is 2.45. The third kappa shape index (κ3) is 4.11. The van der Waals surface area contributed by atoms with Gasteiger partial charge in [-0.15, -0.1) is 0 Å². The molecule has 0 saturated carbocycles. The molecule has 1 saturated heterocycles. The van der Waals surface area contributed by atoms with Gasteiger partial charge in [0.2, 0.25) is 0 Å². The molecule has 0 spiro atoms. The Balaban J connectivity index is 1.86. The summed E-state index contributed by atoms with van der Waals surface area (Å²) in [5, 5.41) is 2.63. The molecular formula is C18H20ClNO4S2. The van der Waals surface area contributed by atoms with Gasteiger partial charge in [0.15, 0.2) is 19.7 Å². The molecule has 26 heavy (non-hydrogen) atoms. The topological polar surface area (TPSA) is 80.3 Å². The summed E-state index contributed by atoms with van der Waals surface area (Å²) < 4.78 is 50.2. The van der Waals surface area contributed by atoms with Gasteiger partial charge in [0.25, 0.3) is 0 Å². The second-order valence-corrected chi connectivity index (χ2v) is 11.3. The summed E-state index contributed by atoms with van der Waals surface area (Å²) in [6, 6.07) is 13.0. The van der Waals surface area contributed by atoms with Crippen LogP contribution in [-0.4, -0.2) is 39.6 Å². The number of hydrogen-bond donors (Lipinski definition) is 1. The number of hydrogen-bond acceptors (Lipinski definition) is 5. The van der Waals surface area contributed by atoms with Gasteiger partial charge in [-0.2, -0.15) is 0 Å². The zero-order chi connectivity index (χ0) is 18.9. The fourth-order valence-electron chi connectivity index (χ4n) is 3.10. The molecular weight excluding hydrogens is 394 g/mol. The zero-order valence-electron chi connectivity index (χ0n) is 14.2. The molecule has 140 valence electrons. The monoisotopic (exact) mass is 413 g/mol. The van der Waals surface area contributed by atoms with Crippen molar-refractivity contribution in [2.45, 2.75) is 29.7 Å². The van der Waals surface area contributed by atoms with Crippen LogP contribution in [0.4, 0.5) is 0 Å². The molecule has 2 aromatic carbocycles. The highest BCUT2D eigenvalue weighted by atomic mass is 35.5. The summed E-state index contributed by atoms with van der Waals surface area (Å²) in [6.45, 7) is 2.17. The number of halogens is 1. The zero-order valence-corrected chi connectivity index (χ0v) is 16.6. The Morgan fingerprint density at radius 2 is 1.73 bits per heavy atom. The first-order chi connectivity index (χ1) is 12.2. The lowest BCUT2D eigenvalue weighted by molar-refractivity contribution is 0.526. The molecule has 1 aliphatic heterocycles. The summed E-state index contributed by atoms with van der Waals surface area (Å²) in [5.41, 5.74) is 1.74. The summed E-state index contributed by atoms with van der Waals surface area (Å²) in [7, 11) is -7.20. The molecule has 2 atom stereocenters. The van der Waals surface area contributed by atoms with Crippen LogP contribution in [0, 0.1) is 6.92 Å². The SMILES string of the molecule is Cc1ccc(S(=O)(=O)[C@H]2CS(=O)(=O)C[C@@H]2NCc2ccccc2Cl)cc1. The average Bonchev–Trinajstić information content (AvgIpc) is 2.90. The van der Waals surface area contributed by atoms with E-state index in [0.29, 0.717) is 11.6 Å². The molecule has 3 rings (SSSR count). The molecule has 1 aliphatic rings. The van der Waals surface area contributed by atoms with Crippen LogP contribution in [0.1, 0.15) is 11.1 Å². The van der Waals surface area contributed by atoms with E-state index in [-0.39, 0.29) is 16.4 Å².